The fourth-order valence-electron chi connectivity index (χ4n) is 1.95. The van der Waals surface area contributed by atoms with Crippen LogP contribution in [0, 0.1) is 12.8 Å². The molecule has 1 aromatic carbocycles. The van der Waals surface area contributed by atoms with Crippen molar-refractivity contribution in [1.29, 1.82) is 0 Å². The highest BCUT2D eigenvalue weighted by Gasteiger charge is 2.14. The average Bonchev–Trinajstić information content (AvgIpc) is 2.37. The quantitative estimate of drug-likeness (QED) is 0.791. The molecule has 0 aliphatic heterocycles. The Kier molecular flexibility index (Phi) is 7.32. The molecule has 0 radical (unpaired) electrons. The molecule has 0 amide bonds. The van der Waals surface area contributed by atoms with Crippen molar-refractivity contribution in [2.45, 2.75) is 40.2 Å². The van der Waals surface area contributed by atoms with E-state index in [0.29, 0.717) is 11.7 Å². The van der Waals surface area contributed by atoms with Gasteiger partial charge in [-0.25, -0.2) is 0 Å². The van der Waals surface area contributed by atoms with Gasteiger partial charge in [0.2, 0.25) is 0 Å². The summed E-state index contributed by atoms with van der Waals surface area (Å²) in [5.41, 5.74) is 2.50. The van der Waals surface area contributed by atoms with Crippen LogP contribution in [-0.4, -0.2) is 22.3 Å². The van der Waals surface area contributed by atoms with Gasteiger partial charge in [-0.1, -0.05) is 50.6 Å². The zero-order chi connectivity index (χ0) is 14.3. The predicted molar refractivity (Wildman–Crippen MR) is 84.9 cm³/mol. The zero-order valence-corrected chi connectivity index (χ0v) is 13.4. The number of rotatable bonds is 8. The topological polar surface area (TPSA) is 29.1 Å². The minimum atomic E-state index is -0.740. The van der Waals surface area contributed by atoms with Crippen LogP contribution < -0.4 is 5.32 Å². The lowest BCUT2D eigenvalue weighted by Crippen LogP contribution is -2.27. The second kappa shape index (κ2) is 8.49. The molecule has 0 aromatic heterocycles. The van der Waals surface area contributed by atoms with Gasteiger partial charge in [0.1, 0.15) is 0 Å². The highest BCUT2D eigenvalue weighted by Crippen LogP contribution is 2.16. The van der Waals surface area contributed by atoms with Crippen molar-refractivity contribution in [3.05, 3.63) is 35.4 Å². The summed E-state index contributed by atoms with van der Waals surface area (Å²) in [5.74, 6) is 2.15. The molecule has 0 heterocycles. The number of hydrogen-bond donors (Lipinski definition) is 1. The van der Waals surface area contributed by atoms with Crippen molar-refractivity contribution in [1.82, 2.24) is 5.32 Å². The van der Waals surface area contributed by atoms with Crippen molar-refractivity contribution < 1.29 is 4.21 Å². The fraction of sp³-hybridized carbons (Fsp3) is 0.625. The first kappa shape index (κ1) is 16.4. The largest absolute Gasteiger partial charge is 0.309 e. The normalized spacial score (nSPS) is 14.6. The molecule has 1 aromatic rings. The summed E-state index contributed by atoms with van der Waals surface area (Å²) >= 11 is 0. The third-order valence-electron chi connectivity index (χ3n) is 3.21. The molecule has 19 heavy (non-hydrogen) atoms. The standard InChI is InChI=1S/C16H27NOS/c1-5-17-16(12-19(18)11-10-13(2)3)15-8-6-14(4)7-9-15/h6-9,13,16-17H,5,10-12H2,1-4H3. The summed E-state index contributed by atoms with van der Waals surface area (Å²) < 4.78 is 12.1. The molecule has 2 nitrogen and oxygen atoms in total. The Morgan fingerprint density at radius 3 is 2.37 bits per heavy atom. The van der Waals surface area contributed by atoms with Gasteiger partial charge in [0.15, 0.2) is 0 Å². The van der Waals surface area contributed by atoms with E-state index in [0.717, 1.165) is 18.7 Å². The molecule has 0 aliphatic rings. The van der Waals surface area contributed by atoms with E-state index in [1.165, 1.54) is 11.1 Å². The summed E-state index contributed by atoms with van der Waals surface area (Å²) in [4.78, 5) is 0. The lowest BCUT2D eigenvalue weighted by atomic mass is 10.1. The predicted octanol–water partition coefficient (Wildman–Crippen LogP) is 3.44. The molecule has 0 spiro atoms. The maximum atomic E-state index is 12.1. The molecule has 1 rings (SSSR count). The van der Waals surface area contributed by atoms with E-state index in [1.54, 1.807) is 0 Å². The Bertz CT molecular complexity index is 386. The van der Waals surface area contributed by atoms with Gasteiger partial charge in [0.05, 0.1) is 0 Å². The van der Waals surface area contributed by atoms with Crippen LogP contribution in [0.2, 0.25) is 0 Å². The minimum absolute atomic E-state index is 0.207. The number of hydrogen-bond acceptors (Lipinski definition) is 2. The number of nitrogens with one attached hydrogen (secondary N) is 1. The van der Waals surface area contributed by atoms with Crippen molar-refractivity contribution in [2.75, 3.05) is 18.1 Å². The van der Waals surface area contributed by atoms with Crippen LogP contribution in [0.4, 0.5) is 0 Å². The molecule has 0 bridgehead atoms. The van der Waals surface area contributed by atoms with Gasteiger partial charge < -0.3 is 5.32 Å². The van der Waals surface area contributed by atoms with Crippen LogP contribution in [0.25, 0.3) is 0 Å². The Hall–Kier alpha value is -0.670. The van der Waals surface area contributed by atoms with Gasteiger partial charge in [-0.3, -0.25) is 4.21 Å². The molecule has 0 fully saturated rings. The summed E-state index contributed by atoms with van der Waals surface area (Å²) in [6.07, 6.45) is 1.04. The van der Waals surface area contributed by atoms with Crippen LogP contribution in [0.1, 0.15) is 44.4 Å². The van der Waals surface area contributed by atoms with E-state index >= 15 is 0 Å². The first-order valence-corrected chi connectivity index (χ1v) is 8.66. The fourth-order valence-corrected chi connectivity index (χ4v) is 3.54. The van der Waals surface area contributed by atoms with Gasteiger partial charge in [-0.15, -0.1) is 0 Å². The van der Waals surface area contributed by atoms with Crippen molar-refractivity contribution in [3.8, 4) is 0 Å². The number of aryl methyl sites for hydroxylation is 1. The van der Waals surface area contributed by atoms with Crippen molar-refractivity contribution in [2.24, 2.45) is 5.92 Å². The maximum absolute atomic E-state index is 12.1. The number of benzene rings is 1. The van der Waals surface area contributed by atoms with Gasteiger partial charge in [-0.2, -0.15) is 0 Å². The first-order chi connectivity index (χ1) is 9.02. The van der Waals surface area contributed by atoms with Crippen LogP contribution in [0.3, 0.4) is 0 Å². The van der Waals surface area contributed by atoms with Gasteiger partial charge in [0, 0.05) is 28.3 Å². The van der Waals surface area contributed by atoms with Crippen LogP contribution in [0.5, 0.6) is 0 Å². The highest BCUT2D eigenvalue weighted by atomic mass is 32.2. The third kappa shape index (κ3) is 6.35. The van der Waals surface area contributed by atoms with Crippen molar-refractivity contribution >= 4 is 10.8 Å². The van der Waals surface area contributed by atoms with E-state index in [2.05, 4.69) is 57.3 Å². The average molecular weight is 281 g/mol. The lowest BCUT2D eigenvalue weighted by Gasteiger charge is -2.18. The third-order valence-corrected chi connectivity index (χ3v) is 4.60. The molecular weight excluding hydrogens is 254 g/mol. The highest BCUT2D eigenvalue weighted by molar-refractivity contribution is 7.85. The molecule has 108 valence electrons. The van der Waals surface area contributed by atoms with Crippen LogP contribution in [-0.2, 0) is 10.8 Å². The Morgan fingerprint density at radius 2 is 1.84 bits per heavy atom. The van der Waals surface area contributed by atoms with E-state index in [1.807, 2.05) is 0 Å². The lowest BCUT2D eigenvalue weighted by molar-refractivity contribution is 0.587. The molecule has 3 heteroatoms. The molecule has 2 unspecified atom stereocenters. The van der Waals surface area contributed by atoms with Gasteiger partial charge in [-0.05, 0) is 31.4 Å². The molecular formula is C16H27NOS. The van der Waals surface area contributed by atoms with E-state index in [9.17, 15) is 4.21 Å². The van der Waals surface area contributed by atoms with E-state index < -0.39 is 10.8 Å². The summed E-state index contributed by atoms with van der Waals surface area (Å²) in [7, 11) is -0.740. The maximum Gasteiger partial charge on any atom is 0.0436 e. The molecule has 0 saturated carbocycles. The molecule has 1 N–H and O–H groups in total. The van der Waals surface area contributed by atoms with Gasteiger partial charge in [0.25, 0.3) is 0 Å². The summed E-state index contributed by atoms with van der Waals surface area (Å²) in [5, 5.41) is 3.44. The second-order valence-corrected chi connectivity index (χ2v) is 7.14. The van der Waals surface area contributed by atoms with E-state index in [4.69, 9.17) is 0 Å². The minimum Gasteiger partial charge on any atom is -0.309 e. The van der Waals surface area contributed by atoms with E-state index in [-0.39, 0.29) is 6.04 Å². The SMILES string of the molecule is CCNC(CS(=O)CCC(C)C)c1ccc(C)cc1. The molecule has 2 atom stereocenters. The zero-order valence-electron chi connectivity index (χ0n) is 12.6. The second-order valence-electron chi connectivity index (χ2n) is 5.51. The Labute approximate surface area is 120 Å². The van der Waals surface area contributed by atoms with Gasteiger partial charge >= 0.3 is 0 Å². The van der Waals surface area contributed by atoms with Crippen LogP contribution in [0.15, 0.2) is 24.3 Å². The summed E-state index contributed by atoms with van der Waals surface area (Å²) in [6.45, 7) is 9.45. The Balaban J connectivity index is 2.62. The molecule has 0 aliphatic carbocycles. The monoisotopic (exact) mass is 281 g/mol. The molecule has 0 saturated heterocycles. The van der Waals surface area contributed by atoms with Crippen LogP contribution >= 0.6 is 0 Å². The first-order valence-electron chi connectivity index (χ1n) is 7.17. The van der Waals surface area contributed by atoms with Crippen molar-refractivity contribution in [3.63, 3.8) is 0 Å². The smallest absolute Gasteiger partial charge is 0.0436 e. The summed E-state index contributed by atoms with van der Waals surface area (Å²) in [6, 6.07) is 8.73. The Morgan fingerprint density at radius 1 is 1.21 bits per heavy atom.